The van der Waals surface area contributed by atoms with E-state index in [4.69, 9.17) is 5.73 Å². The molecule has 0 saturated carbocycles. The first-order valence-corrected chi connectivity index (χ1v) is 4.82. The lowest BCUT2D eigenvalue weighted by atomic mass is 9.99. The number of hydrogen-bond acceptors (Lipinski definition) is 2. The summed E-state index contributed by atoms with van der Waals surface area (Å²) in [5.41, 5.74) is 5.64. The summed E-state index contributed by atoms with van der Waals surface area (Å²) in [5.74, 6) is -1.36. The third kappa shape index (κ3) is 2.33. The molecule has 15 heavy (non-hydrogen) atoms. The molecule has 1 rings (SSSR count). The summed E-state index contributed by atoms with van der Waals surface area (Å²) in [6.07, 6.45) is -1.02. The van der Waals surface area contributed by atoms with Crippen LogP contribution in [0.5, 0.6) is 0 Å². The fourth-order valence-corrected chi connectivity index (χ4v) is 1.57. The van der Waals surface area contributed by atoms with E-state index in [-0.39, 0.29) is 18.5 Å². The highest BCUT2D eigenvalue weighted by atomic mass is 19.1. The van der Waals surface area contributed by atoms with E-state index in [1.165, 1.54) is 6.07 Å². The minimum Gasteiger partial charge on any atom is -0.388 e. The van der Waals surface area contributed by atoms with Gasteiger partial charge in [0.25, 0.3) is 0 Å². The van der Waals surface area contributed by atoms with Crippen LogP contribution in [-0.4, -0.2) is 11.7 Å². The summed E-state index contributed by atoms with van der Waals surface area (Å²) in [5, 5.41) is 9.57. The van der Waals surface area contributed by atoms with Gasteiger partial charge in [-0.05, 0) is 37.9 Å². The van der Waals surface area contributed by atoms with Crippen LogP contribution in [0.1, 0.15) is 29.2 Å². The van der Waals surface area contributed by atoms with Crippen molar-refractivity contribution in [3.63, 3.8) is 0 Å². The topological polar surface area (TPSA) is 46.2 Å². The second kappa shape index (κ2) is 4.68. The predicted octanol–water partition coefficient (Wildman–Crippen LogP) is 1.96. The highest BCUT2D eigenvalue weighted by molar-refractivity contribution is 5.33. The van der Waals surface area contributed by atoms with Gasteiger partial charge in [-0.2, -0.15) is 0 Å². The van der Waals surface area contributed by atoms with Crippen molar-refractivity contribution in [2.24, 2.45) is 5.73 Å². The van der Waals surface area contributed by atoms with E-state index in [2.05, 4.69) is 0 Å². The summed E-state index contributed by atoms with van der Waals surface area (Å²) in [4.78, 5) is 0. The summed E-state index contributed by atoms with van der Waals surface area (Å²) in [6, 6.07) is 1.42. The van der Waals surface area contributed by atoms with Crippen molar-refractivity contribution in [2.75, 3.05) is 6.54 Å². The zero-order valence-corrected chi connectivity index (χ0v) is 8.85. The number of aryl methyl sites for hydroxylation is 2. The smallest absolute Gasteiger partial charge is 0.134 e. The molecule has 0 aliphatic heterocycles. The highest BCUT2D eigenvalue weighted by Gasteiger charge is 2.20. The van der Waals surface area contributed by atoms with Crippen molar-refractivity contribution in [2.45, 2.75) is 26.4 Å². The molecule has 0 amide bonds. The third-order valence-corrected chi connectivity index (χ3v) is 2.37. The van der Waals surface area contributed by atoms with E-state index in [0.717, 1.165) is 0 Å². The van der Waals surface area contributed by atoms with E-state index < -0.39 is 17.7 Å². The maximum Gasteiger partial charge on any atom is 0.134 e. The minimum atomic E-state index is -1.17. The van der Waals surface area contributed by atoms with Crippen molar-refractivity contribution in [3.8, 4) is 0 Å². The zero-order valence-electron chi connectivity index (χ0n) is 8.85. The van der Waals surface area contributed by atoms with Gasteiger partial charge in [-0.15, -0.1) is 0 Å². The van der Waals surface area contributed by atoms with Gasteiger partial charge in [-0.25, -0.2) is 8.78 Å². The van der Waals surface area contributed by atoms with Crippen molar-refractivity contribution in [3.05, 3.63) is 34.4 Å². The fraction of sp³-hybridized carbons (Fsp3) is 0.455. The van der Waals surface area contributed by atoms with Gasteiger partial charge in [0.2, 0.25) is 0 Å². The van der Waals surface area contributed by atoms with E-state index in [1.807, 2.05) is 0 Å². The van der Waals surface area contributed by atoms with Crippen LogP contribution >= 0.6 is 0 Å². The van der Waals surface area contributed by atoms with Crippen LogP contribution in [0.25, 0.3) is 0 Å². The van der Waals surface area contributed by atoms with Crippen molar-refractivity contribution in [1.82, 2.24) is 0 Å². The molecule has 2 nitrogen and oxygen atoms in total. The summed E-state index contributed by atoms with van der Waals surface area (Å²) < 4.78 is 27.2. The Bertz CT molecular complexity index is 340. The van der Waals surface area contributed by atoms with Gasteiger partial charge in [0.1, 0.15) is 11.6 Å². The van der Waals surface area contributed by atoms with Crippen LogP contribution in [-0.2, 0) is 0 Å². The van der Waals surface area contributed by atoms with Gasteiger partial charge < -0.3 is 10.8 Å². The van der Waals surface area contributed by atoms with Crippen LogP contribution < -0.4 is 5.73 Å². The van der Waals surface area contributed by atoms with Gasteiger partial charge >= 0.3 is 0 Å². The molecule has 4 heteroatoms. The Morgan fingerprint density at radius 3 is 2.13 bits per heavy atom. The van der Waals surface area contributed by atoms with Gasteiger partial charge in [0.15, 0.2) is 0 Å². The van der Waals surface area contributed by atoms with E-state index in [0.29, 0.717) is 11.1 Å². The molecular weight excluding hydrogens is 200 g/mol. The van der Waals surface area contributed by atoms with Gasteiger partial charge in [0, 0.05) is 0 Å². The van der Waals surface area contributed by atoms with E-state index >= 15 is 0 Å². The van der Waals surface area contributed by atoms with Crippen molar-refractivity contribution < 1.29 is 13.9 Å². The number of aliphatic hydroxyl groups excluding tert-OH is 1. The zero-order chi connectivity index (χ0) is 11.6. The Hall–Kier alpha value is -1.00. The minimum absolute atomic E-state index is 0.150. The molecule has 0 aromatic heterocycles. The molecule has 0 fully saturated rings. The summed E-state index contributed by atoms with van der Waals surface area (Å²) in [7, 11) is 0. The quantitative estimate of drug-likeness (QED) is 0.809. The van der Waals surface area contributed by atoms with E-state index in [9.17, 15) is 13.9 Å². The van der Waals surface area contributed by atoms with Gasteiger partial charge in [0.05, 0.1) is 11.7 Å². The summed E-state index contributed by atoms with van der Waals surface area (Å²) in [6.45, 7) is 3.27. The molecule has 84 valence electrons. The van der Waals surface area contributed by atoms with Crippen LogP contribution in [0.15, 0.2) is 6.07 Å². The largest absolute Gasteiger partial charge is 0.388 e. The molecule has 0 heterocycles. The average molecular weight is 215 g/mol. The Morgan fingerprint density at radius 2 is 1.73 bits per heavy atom. The van der Waals surface area contributed by atoms with Crippen LogP contribution in [0.3, 0.4) is 0 Å². The Balaban J connectivity index is 3.26. The van der Waals surface area contributed by atoms with Crippen LogP contribution in [0.2, 0.25) is 0 Å². The van der Waals surface area contributed by atoms with Crippen LogP contribution in [0.4, 0.5) is 8.78 Å². The fourth-order valence-electron chi connectivity index (χ4n) is 1.57. The molecule has 1 atom stereocenters. The SMILES string of the molecule is Cc1cc(C)c(F)c(C(O)CCN)c1F. The van der Waals surface area contributed by atoms with Crippen molar-refractivity contribution in [1.29, 1.82) is 0 Å². The Labute approximate surface area is 87.7 Å². The lowest BCUT2D eigenvalue weighted by Crippen LogP contribution is -2.12. The molecule has 1 unspecified atom stereocenters. The number of nitrogens with two attached hydrogens (primary N) is 1. The molecule has 0 saturated heterocycles. The molecule has 0 radical (unpaired) electrons. The first-order chi connectivity index (χ1) is 6.99. The molecule has 0 aliphatic carbocycles. The molecule has 0 aliphatic rings. The number of halogens is 2. The average Bonchev–Trinajstić information content (AvgIpc) is 2.16. The third-order valence-electron chi connectivity index (χ3n) is 2.37. The standard InChI is InChI=1S/C11H15F2NO/c1-6-5-7(2)11(13)9(10(6)12)8(15)3-4-14/h5,8,15H,3-4,14H2,1-2H3. The maximum absolute atomic E-state index is 13.6. The number of rotatable bonds is 3. The number of aliphatic hydroxyl groups is 1. The normalized spacial score (nSPS) is 12.9. The Morgan fingerprint density at radius 1 is 1.27 bits per heavy atom. The van der Waals surface area contributed by atoms with Gasteiger partial charge in [-0.1, -0.05) is 6.07 Å². The highest BCUT2D eigenvalue weighted by Crippen LogP contribution is 2.27. The molecule has 1 aromatic carbocycles. The Kier molecular flexibility index (Phi) is 3.77. The number of hydrogen-bond donors (Lipinski definition) is 2. The summed E-state index contributed by atoms with van der Waals surface area (Å²) >= 11 is 0. The lowest BCUT2D eigenvalue weighted by Gasteiger charge is -2.14. The first kappa shape index (κ1) is 12.1. The van der Waals surface area contributed by atoms with Gasteiger partial charge in [-0.3, -0.25) is 0 Å². The molecular formula is C11H15F2NO. The molecule has 0 spiro atoms. The second-order valence-electron chi connectivity index (χ2n) is 3.65. The lowest BCUT2D eigenvalue weighted by molar-refractivity contribution is 0.160. The maximum atomic E-state index is 13.6. The molecule has 0 bridgehead atoms. The second-order valence-corrected chi connectivity index (χ2v) is 3.65. The monoisotopic (exact) mass is 215 g/mol. The molecule has 1 aromatic rings. The van der Waals surface area contributed by atoms with Crippen LogP contribution in [0, 0.1) is 25.5 Å². The van der Waals surface area contributed by atoms with E-state index in [1.54, 1.807) is 13.8 Å². The number of benzene rings is 1. The first-order valence-electron chi connectivity index (χ1n) is 4.82. The van der Waals surface area contributed by atoms with Crippen molar-refractivity contribution >= 4 is 0 Å². The predicted molar refractivity (Wildman–Crippen MR) is 54.5 cm³/mol. The molecule has 3 N–H and O–H groups in total.